The molecule has 16 heavy (non-hydrogen) atoms. The zero-order valence-corrected chi connectivity index (χ0v) is 8.88. The summed E-state index contributed by atoms with van der Waals surface area (Å²) >= 11 is 0. The van der Waals surface area contributed by atoms with Crippen LogP contribution in [-0.4, -0.2) is 47.7 Å². The highest BCUT2D eigenvalue weighted by molar-refractivity contribution is 5.99. The first kappa shape index (κ1) is 12.3. The van der Waals surface area contributed by atoms with Crippen molar-refractivity contribution in [3.05, 3.63) is 0 Å². The Balaban J connectivity index is 2.54. The van der Waals surface area contributed by atoms with Gasteiger partial charge in [0, 0.05) is 12.1 Å². The normalized spacial score (nSPS) is 17.8. The summed E-state index contributed by atoms with van der Waals surface area (Å²) < 4.78 is 0. The zero-order valence-electron chi connectivity index (χ0n) is 8.88. The van der Waals surface area contributed by atoms with Crippen molar-refractivity contribution in [2.45, 2.75) is 25.4 Å². The fourth-order valence-corrected chi connectivity index (χ4v) is 1.17. The lowest BCUT2D eigenvalue weighted by molar-refractivity contribution is -0.141. The first-order valence-corrected chi connectivity index (χ1v) is 4.83. The van der Waals surface area contributed by atoms with Crippen LogP contribution in [0.15, 0.2) is 9.98 Å². The van der Waals surface area contributed by atoms with E-state index in [1.165, 1.54) is 13.3 Å². The topological polar surface area (TPSA) is 117 Å². The lowest BCUT2D eigenvalue weighted by Gasteiger charge is -2.15. The number of rotatable bonds is 5. The number of carbonyl (C=O) groups is 2. The van der Waals surface area contributed by atoms with Crippen molar-refractivity contribution in [1.29, 1.82) is 0 Å². The predicted octanol–water partition coefficient (Wildman–Crippen LogP) is -1.22. The van der Waals surface area contributed by atoms with Crippen LogP contribution in [0.1, 0.15) is 13.3 Å². The van der Waals surface area contributed by atoms with Gasteiger partial charge in [0.1, 0.15) is 12.4 Å². The van der Waals surface area contributed by atoms with Crippen molar-refractivity contribution >= 4 is 23.9 Å². The van der Waals surface area contributed by atoms with Crippen LogP contribution in [0.4, 0.5) is 0 Å². The summed E-state index contributed by atoms with van der Waals surface area (Å²) in [6.45, 7) is 1.88. The Bertz CT molecular complexity index is 349. The summed E-state index contributed by atoms with van der Waals surface area (Å²) in [6, 6.07) is -1.73. The number of carboxylic acids is 1. The molecule has 0 fully saturated rings. The molecular formula is C9H14N4O3. The summed E-state index contributed by atoms with van der Waals surface area (Å²) in [5, 5.41) is 11.3. The summed E-state index contributed by atoms with van der Waals surface area (Å²) in [5.74, 6) is -1.60. The smallest absolute Gasteiger partial charge is 0.326 e. The highest BCUT2D eigenvalue weighted by Crippen LogP contribution is 2.00. The standard InChI is InChI=1S/C9H14N4O3/c1-5(10)8(14)13-7(9(15)16)2-6-3-11-4-12-6/h4-5,7H,2-3,10H2,1H3,(H,13,14)(H,15,16)/t5-,7-/m0/s1. The maximum absolute atomic E-state index is 11.3. The van der Waals surface area contributed by atoms with Gasteiger partial charge in [0.15, 0.2) is 0 Å². The van der Waals surface area contributed by atoms with E-state index in [-0.39, 0.29) is 6.42 Å². The number of nitrogens with zero attached hydrogens (tertiary/aromatic N) is 2. The van der Waals surface area contributed by atoms with Crippen molar-refractivity contribution in [2.75, 3.05) is 6.54 Å². The van der Waals surface area contributed by atoms with E-state index in [1.54, 1.807) is 0 Å². The monoisotopic (exact) mass is 226 g/mol. The van der Waals surface area contributed by atoms with Crippen LogP contribution in [0.2, 0.25) is 0 Å². The molecule has 0 aromatic carbocycles. The molecular weight excluding hydrogens is 212 g/mol. The maximum Gasteiger partial charge on any atom is 0.326 e. The molecule has 0 bridgehead atoms. The number of aliphatic imine (C=N–C) groups is 2. The van der Waals surface area contributed by atoms with Gasteiger partial charge in [0.25, 0.3) is 0 Å². The zero-order chi connectivity index (χ0) is 12.1. The molecule has 0 unspecified atom stereocenters. The molecule has 0 aromatic heterocycles. The van der Waals surface area contributed by atoms with Crippen LogP contribution < -0.4 is 11.1 Å². The Morgan fingerprint density at radius 2 is 2.38 bits per heavy atom. The number of aliphatic carboxylic acids is 1. The number of nitrogens with two attached hydrogens (primary N) is 1. The van der Waals surface area contributed by atoms with Crippen LogP contribution in [0.25, 0.3) is 0 Å². The van der Waals surface area contributed by atoms with Crippen molar-refractivity contribution in [3.63, 3.8) is 0 Å². The third kappa shape index (κ3) is 3.43. The van der Waals surface area contributed by atoms with Crippen LogP contribution in [-0.2, 0) is 9.59 Å². The Labute approximate surface area is 92.5 Å². The quantitative estimate of drug-likeness (QED) is 0.544. The second-order valence-electron chi connectivity index (χ2n) is 3.54. The lowest BCUT2D eigenvalue weighted by atomic mass is 10.1. The van der Waals surface area contributed by atoms with Gasteiger partial charge in [-0.2, -0.15) is 0 Å². The Hall–Kier alpha value is -1.76. The highest BCUT2D eigenvalue weighted by atomic mass is 16.4. The SMILES string of the molecule is C[C@H](N)C(=O)N[C@@H](CC1=NC=NC1)C(=O)O. The average Bonchev–Trinajstić information content (AvgIpc) is 2.68. The van der Waals surface area contributed by atoms with E-state index >= 15 is 0 Å². The molecule has 0 radical (unpaired) electrons. The van der Waals surface area contributed by atoms with Crippen LogP contribution >= 0.6 is 0 Å². The van der Waals surface area contributed by atoms with E-state index in [4.69, 9.17) is 10.8 Å². The van der Waals surface area contributed by atoms with Crippen LogP contribution in [0.3, 0.4) is 0 Å². The second-order valence-corrected chi connectivity index (χ2v) is 3.54. The van der Waals surface area contributed by atoms with Gasteiger partial charge in [-0.05, 0) is 6.92 Å². The maximum atomic E-state index is 11.3. The Morgan fingerprint density at radius 3 is 2.81 bits per heavy atom. The number of nitrogens with one attached hydrogen (secondary N) is 1. The van der Waals surface area contributed by atoms with Gasteiger partial charge in [0.2, 0.25) is 5.91 Å². The summed E-state index contributed by atoms with van der Waals surface area (Å²) in [5.41, 5.74) is 5.97. The molecule has 1 aliphatic rings. The fraction of sp³-hybridized carbons (Fsp3) is 0.556. The van der Waals surface area contributed by atoms with Crippen molar-refractivity contribution in [2.24, 2.45) is 15.7 Å². The number of carboxylic acid groups (broad SMARTS) is 1. The van der Waals surface area contributed by atoms with Gasteiger partial charge in [-0.25, -0.2) is 9.79 Å². The molecule has 1 rings (SSSR count). The molecule has 7 nitrogen and oxygen atoms in total. The predicted molar refractivity (Wildman–Crippen MR) is 58.6 cm³/mol. The first-order valence-electron chi connectivity index (χ1n) is 4.83. The lowest BCUT2D eigenvalue weighted by Crippen LogP contribution is -2.48. The molecule has 2 atom stereocenters. The average molecular weight is 226 g/mol. The minimum Gasteiger partial charge on any atom is -0.480 e. The number of amides is 1. The molecule has 7 heteroatoms. The minimum absolute atomic E-state index is 0.147. The van der Waals surface area contributed by atoms with Gasteiger partial charge in [0.05, 0.1) is 12.6 Å². The highest BCUT2D eigenvalue weighted by Gasteiger charge is 2.23. The van der Waals surface area contributed by atoms with E-state index in [2.05, 4.69) is 15.3 Å². The third-order valence-corrected chi connectivity index (χ3v) is 2.06. The van der Waals surface area contributed by atoms with E-state index in [0.29, 0.717) is 12.3 Å². The van der Waals surface area contributed by atoms with E-state index in [9.17, 15) is 9.59 Å². The molecule has 1 amide bonds. The summed E-state index contributed by atoms with van der Waals surface area (Å²) in [4.78, 5) is 29.9. The molecule has 0 spiro atoms. The molecule has 1 aliphatic heterocycles. The Kier molecular flexibility index (Phi) is 4.12. The minimum atomic E-state index is -1.11. The number of hydrogen-bond donors (Lipinski definition) is 3. The van der Waals surface area contributed by atoms with Crippen molar-refractivity contribution in [3.8, 4) is 0 Å². The molecule has 4 N–H and O–H groups in total. The largest absolute Gasteiger partial charge is 0.480 e. The van der Waals surface area contributed by atoms with Crippen LogP contribution in [0.5, 0.6) is 0 Å². The van der Waals surface area contributed by atoms with E-state index in [0.717, 1.165) is 0 Å². The van der Waals surface area contributed by atoms with Gasteiger partial charge in [-0.1, -0.05) is 0 Å². The molecule has 88 valence electrons. The third-order valence-electron chi connectivity index (χ3n) is 2.06. The molecule has 0 saturated heterocycles. The van der Waals surface area contributed by atoms with Gasteiger partial charge in [-0.3, -0.25) is 9.79 Å². The fourth-order valence-electron chi connectivity index (χ4n) is 1.17. The van der Waals surface area contributed by atoms with Gasteiger partial charge in [-0.15, -0.1) is 0 Å². The van der Waals surface area contributed by atoms with E-state index in [1.807, 2.05) is 0 Å². The van der Waals surface area contributed by atoms with Crippen molar-refractivity contribution < 1.29 is 14.7 Å². The molecule has 0 aromatic rings. The van der Waals surface area contributed by atoms with E-state index < -0.39 is 24.0 Å². The summed E-state index contributed by atoms with van der Waals surface area (Å²) in [6.07, 6.45) is 1.52. The Morgan fingerprint density at radius 1 is 1.69 bits per heavy atom. The van der Waals surface area contributed by atoms with Gasteiger partial charge < -0.3 is 16.2 Å². The number of carbonyl (C=O) groups excluding carboxylic acids is 1. The van der Waals surface area contributed by atoms with Crippen molar-refractivity contribution in [1.82, 2.24) is 5.32 Å². The number of hydrogen-bond acceptors (Lipinski definition) is 5. The molecule has 0 saturated carbocycles. The first-order chi connectivity index (χ1) is 7.50. The molecule has 0 aliphatic carbocycles. The molecule has 1 heterocycles. The van der Waals surface area contributed by atoms with Crippen LogP contribution in [0, 0.1) is 0 Å². The summed E-state index contributed by atoms with van der Waals surface area (Å²) in [7, 11) is 0. The second kappa shape index (κ2) is 5.36. The van der Waals surface area contributed by atoms with Gasteiger partial charge >= 0.3 is 5.97 Å².